The standard InChI is InChI=1S/C29H31N3O5/c1-20(23-11-13-24(34-2)14-12-23)30-28(33)27-19-37-29(31-27)32(17-21-7-5-9-25(15-21)35-3)18-22-8-6-10-26(16-22)36-4/h5-16,19-20H,17-18H2,1-4H3,(H,30,33). The fourth-order valence-electron chi connectivity index (χ4n) is 3.93. The number of anilines is 1. The number of rotatable bonds is 11. The van der Waals surface area contributed by atoms with Crippen molar-refractivity contribution in [2.75, 3.05) is 26.2 Å². The molecule has 0 aliphatic heterocycles. The molecule has 1 N–H and O–H groups in total. The van der Waals surface area contributed by atoms with Crippen LogP contribution in [-0.2, 0) is 13.1 Å². The summed E-state index contributed by atoms with van der Waals surface area (Å²) in [7, 11) is 4.90. The molecule has 1 amide bonds. The maximum Gasteiger partial charge on any atom is 0.298 e. The largest absolute Gasteiger partial charge is 0.497 e. The van der Waals surface area contributed by atoms with Gasteiger partial charge in [0.1, 0.15) is 23.5 Å². The highest BCUT2D eigenvalue weighted by molar-refractivity contribution is 5.92. The maximum absolute atomic E-state index is 13.0. The van der Waals surface area contributed by atoms with Crippen molar-refractivity contribution in [3.05, 3.63) is 101 Å². The minimum atomic E-state index is -0.318. The number of methoxy groups -OCH3 is 3. The zero-order valence-corrected chi connectivity index (χ0v) is 21.4. The van der Waals surface area contributed by atoms with E-state index in [2.05, 4.69) is 10.3 Å². The first-order valence-corrected chi connectivity index (χ1v) is 11.9. The summed E-state index contributed by atoms with van der Waals surface area (Å²) in [6.45, 7) is 2.91. The van der Waals surface area contributed by atoms with E-state index in [-0.39, 0.29) is 17.6 Å². The molecule has 0 bridgehead atoms. The zero-order chi connectivity index (χ0) is 26.2. The number of oxazole rings is 1. The lowest BCUT2D eigenvalue weighted by Gasteiger charge is -2.21. The van der Waals surface area contributed by atoms with Crippen LogP contribution in [-0.4, -0.2) is 32.2 Å². The van der Waals surface area contributed by atoms with Crippen molar-refractivity contribution >= 4 is 11.9 Å². The quantitative estimate of drug-likeness (QED) is 0.295. The molecular formula is C29H31N3O5. The van der Waals surface area contributed by atoms with Gasteiger partial charge in [-0.2, -0.15) is 4.98 Å². The highest BCUT2D eigenvalue weighted by Crippen LogP contribution is 2.24. The van der Waals surface area contributed by atoms with E-state index >= 15 is 0 Å². The van der Waals surface area contributed by atoms with E-state index in [4.69, 9.17) is 18.6 Å². The van der Waals surface area contributed by atoms with E-state index < -0.39 is 0 Å². The number of benzene rings is 3. The van der Waals surface area contributed by atoms with E-state index in [9.17, 15) is 4.79 Å². The van der Waals surface area contributed by atoms with Crippen LogP contribution in [0.1, 0.15) is 40.1 Å². The number of hydrogen-bond donors (Lipinski definition) is 1. The molecule has 8 nitrogen and oxygen atoms in total. The van der Waals surface area contributed by atoms with E-state index in [0.717, 1.165) is 33.9 Å². The van der Waals surface area contributed by atoms with Crippen LogP contribution in [0.15, 0.2) is 83.5 Å². The first-order valence-electron chi connectivity index (χ1n) is 11.9. The van der Waals surface area contributed by atoms with Crippen molar-refractivity contribution in [2.24, 2.45) is 0 Å². The Morgan fingerprint density at radius 3 is 1.97 bits per heavy atom. The van der Waals surface area contributed by atoms with Gasteiger partial charge in [0.05, 0.1) is 27.4 Å². The molecule has 0 aliphatic rings. The molecule has 1 heterocycles. The summed E-state index contributed by atoms with van der Waals surface area (Å²) in [5, 5.41) is 2.98. The average molecular weight is 502 g/mol. The molecule has 4 aromatic rings. The minimum absolute atomic E-state index is 0.205. The van der Waals surface area contributed by atoms with Gasteiger partial charge in [-0.25, -0.2) is 0 Å². The number of carbonyl (C=O) groups is 1. The Kier molecular flexibility index (Phi) is 8.30. The van der Waals surface area contributed by atoms with Crippen LogP contribution in [0.4, 0.5) is 6.01 Å². The molecule has 1 atom stereocenters. The number of nitrogens with zero attached hydrogens (tertiary/aromatic N) is 2. The third-order valence-electron chi connectivity index (χ3n) is 5.97. The lowest BCUT2D eigenvalue weighted by atomic mass is 10.1. The molecule has 1 aromatic heterocycles. The van der Waals surface area contributed by atoms with Gasteiger partial charge >= 0.3 is 0 Å². The molecule has 0 radical (unpaired) electrons. The normalized spacial score (nSPS) is 11.5. The molecule has 3 aromatic carbocycles. The zero-order valence-electron chi connectivity index (χ0n) is 21.4. The lowest BCUT2D eigenvalue weighted by molar-refractivity contribution is 0.0935. The number of nitrogens with one attached hydrogen (secondary N) is 1. The smallest absolute Gasteiger partial charge is 0.298 e. The molecule has 0 saturated heterocycles. The van der Waals surface area contributed by atoms with Crippen molar-refractivity contribution in [2.45, 2.75) is 26.1 Å². The molecule has 1 unspecified atom stereocenters. The number of carbonyl (C=O) groups excluding carboxylic acids is 1. The van der Waals surface area contributed by atoms with Crippen LogP contribution in [0.2, 0.25) is 0 Å². The van der Waals surface area contributed by atoms with Crippen LogP contribution in [0, 0.1) is 0 Å². The highest BCUT2D eigenvalue weighted by atomic mass is 16.5. The summed E-state index contributed by atoms with van der Waals surface area (Å²) in [6.07, 6.45) is 1.38. The van der Waals surface area contributed by atoms with Gasteiger partial charge in [0.15, 0.2) is 5.69 Å². The van der Waals surface area contributed by atoms with Gasteiger partial charge < -0.3 is 28.8 Å². The van der Waals surface area contributed by atoms with Gasteiger partial charge in [0.25, 0.3) is 11.9 Å². The third-order valence-corrected chi connectivity index (χ3v) is 5.97. The van der Waals surface area contributed by atoms with E-state index in [1.165, 1.54) is 6.26 Å². The summed E-state index contributed by atoms with van der Waals surface area (Å²) in [4.78, 5) is 19.5. The fourth-order valence-corrected chi connectivity index (χ4v) is 3.93. The molecule has 0 saturated carbocycles. The second kappa shape index (κ2) is 12.0. The Labute approximate surface area is 216 Å². The second-order valence-corrected chi connectivity index (χ2v) is 8.54. The Bertz CT molecular complexity index is 1270. The first-order chi connectivity index (χ1) is 18.0. The number of amides is 1. The third kappa shape index (κ3) is 6.61. The Morgan fingerprint density at radius 1 is 0.865 bits per heavy atom. The predicted octanol–water partition coefficient (Wildman–Crippen LogP) is 5.40. The Balaban J connectivity index is 1.53. The Hall–Kier alpha value is -4.46. The maximum atomic E-state index is 13.0. The molecule has 0 spiro atoms. The van der Waals surface area contributed by atoms with Gasteiger partial charge in [-0.3, -0.25) is 4.79 Å². The molecular weight excluding hydrogens is 470 g/mol. The second-order valence-electron chi connectivity index (χ2n) is 8.54. The molecule has 0 aliphatic carbocycles. The SMILES string of the molecule is COc1ccc(C(C)NC(=O)c2coc(N(Cc3cccc(OC)c3)Cc3cccc(OC)c3)n2)cc1. The first kappa shape index (κ1) is 25.6. The molecule has 8 heteroatoms. The van der Waals surface area contributed by atoms with Gasteiger partial charge in [-0.05, 0) is 60.0 Å². The molecule has 4 rings (SSSR count). The van der Waals surface area contributed by atoms with E-state index in [1.807, 2.05) is 84.6 Å². The minimum Gasteiger partial charge on any atom is -0.497 e. The van der Waals surface area contributed by atoms with Crippen LogP contribution >= 0.6 is 0 Å². The van der Waals surface area contributed by atoms with Crippen molar-refractivity contribution in [3.63, 3.8) is 0 Å². The van der Waals surface area contributed by atoms with Crippen molar-refractivity contribution < 1.29 is 23.4 Å². The summed E-state index contributed by atoms with van der Waals surface area (Å²) in [5.41, 5.74) is 3.19. The summed E-state index contributed by atoms with van der Waals surface area (Å²) >= 11 is 0. The number of hydrogen-bond acceptors (Lipinski definition) is 7. The Morgan fingerprint density at radius 2 is 1.43 bits per heavy atom. The van der Waals surface area contributed by atoms with Crippen molar-refractivity contribution in [3.8, 4) is 17.2 Å². The molecule has 192 valence electrons. The van der Waals surface area contributed by atoms with Crippen LogP contribution in [0.3, 0.4) is 0 Å². The van der Waals surface area contributed by atoms with Crippen molar-refractivity contribution in [1.29, 1.82) is 0 Å². The van der Waals surface area contributed by atoms with Crippen LogP contribution in [0.5, 0.6) is 17.2 Å². The lowest BCUT2D eigenvalue weighted by Crippen LogP contribution is -2.27. The number of ether oxygens (including phenoxy) is 3. The topological polar surface area (TPSA) is 86.1 Å². The van der Waals surface area contributed by atoms with E-state index in [1.54, 1.807) is 21.3 Å². The van der Waals surface area contributed by atoms with Gasteiger partial charge in [0, 0.05) is 13.1 Å². The van der Waals surface area contributed by atoms with Gasteiger partial charge in [-0.15, -0.1) is 0 Å². The average Bonchev–Trinajstić information content (AvgIpc) is 3.43. The van der Waals surface area contributed by atoms with Gasteiger partial charge in [0.2, 0.25) is 0 Å². The van der Waals surface area contributed by atoms with Gasteiger partial charge in [-0.1, -0.05) is 36.4 Å². The van der Waals surface area contributed by atoms with Crippen LogP contribution < -0.4 is 24.4 Å². The van der Waals surface area contributed by atoms with E-state index in [0.29, 0.717) is 19.1 Å². The van der Waals surface area contributed by atoms with Crippen LogP contribution in [0.25, 0.3) is 0 Å². The summed E-state index contributed by atoms with van der Waals surface area (Å²) in [6, 6.07) is 23.3. The molecule has 0 fully saturated rings. The summed E-state index contributed by atoms with van der Waals surface area (Å²) in [5.74, 6) is 1.97. The molecule has 37 heavy (non-hydrogen) atoms. The fraction of sp³-hybridized carbons (Fsp3) is 0.241. The monoisotopic (exact) mass is 501 g/mol. The number of aromatic nitrogens is 1. The highest BCUT2D eigenvalue weighted by Gasteiger charge is 2.20. The summed E-state index contributed by atoms with van der Waals surface area (Å²) < 4.78 is 21.8. The van der Waals surface area contributed by atoms with Crippen molar-refractivity contribution in [1.82, 2.24) is 10.3 Å². The predicted molar refractivity (Wildman–Crippen MR) is 141 cm³/mol.